The Balaban J connectivity index is 1.76. The molecule has 0 fully saturated rings. The third-order valence-electron chi connectivity index (χ3n) is 4.95. The Morgan fingerprint density at radius 3 is 1.97 bits per heavy atom. The summed E-state index contributed by atoms with van der Waals surface area (Å²) >= 11 is 0. The van der Waals surface area contributed by atoms with E-state index in [2.05, 4.69) is 4.99 Å². The number of nitro benzene ring substituents is 1. The third-order valence-corrected chi connectivity index (χ3v) is 4.95. The molecule has 3 aromatic rings. The smallest absolute Gasteiger partial charge is 0.282 e. The molecule has 0 aliphatic carbocycles. The van der Waals surface area contributed by atoms with Gasteiger partial charge in [0.15, 0.2) is 0 Å². The van der Waals surface area contributed by atoms with Crippen molar-refractivity contribution >= 4 is 29.2 Å². The molecular weight excluding hydrogens is 410 g/mol. The second-order valence-corrected chi connectivity index (χ2v) is 6.88. The molecule has 0 N–H and O–H groups in total. The lowest BCUT2D eigenvalue weighted by Gasteiger charge is -2.19. The van der Waals surface area contributed by atoms with E-state index in [4.69, 9.17) is 9.47 Å². The molecule has 3 aromatic carbocycles. The van der Waals surface area contributed by atoms with Gasteiger partial charge in [0.1, 0.15) is 23.0 Å². The summed E-state index contributed by atoms with van der Waals surface area (Å²) in [5.41, 5.74) is 2.21. The summed E-state index contributed by atoms with van der Waals surface area (Å²) in [7, 11) is 3.16. The van der Waals surface area contributed by atoms with Gasteiger partial charge in [-0.2, -0.15) is 0 Å². The van der Waals surface area contributed by atoms with Crippen LogP contribution in [0, 0.1) is 10.1 Å². The first-order valence-electron chi connectivity index (χ1n) is 9.68. The maximum atomic E-state index is 13.3. The van der Waals surface area contributed by atoms with Gasteiger partial charge in [-0.1, -0.05) is 0 Å². The number of carbonyl (C=O) groups excluding carboxylic acids is 1. The molecule has 0 spiro atoms. The van der Waals surface area contributed by atoms with Crippen LogP contribution in [0.3, 0.4) is 0 Å². The molecule has 8 heteroatoms. The molecule has 0 unspecified atom stereocenters. The summed E-state index contributed by atoms with van der Waals surface area (Å²) in [4.78, 5) is 29.9. The van der Waals surface area contributed by atoms with Gasteiger partial charge in [0, 0.05) is 17.7 Å². The topological polar surface area (TPSA) is 94.3 Å². The van der Waals surface area contributed by atoms with Crippen LogP contribution in [0.15, 0.2) is 83.5 Å². The average Bonchev–Trinajstić information content (AvgIpc) is 3.15. The third kappa shape index (κ3) is 4.06. The zero-order valence-corrected chi connectivity index (χ0v) is 17.4. The maximum absolute atomic E-state index is 13.3. The summed E-state index contributed by atoms with van der Waals surface area (Å²) in [6.07, 6.45) is 1.61. The first-order valence-corrected chi connectivity index (χ1v) is 9.68. The predicted octanol–water partition coefficient (Wildman–Crippen LogP) is 4.45. The van der Waals surface area contributed by atoms with Gasteiger partial charge in [-0.25, -0.2) is 4.99 Å². The summed E-state index contributed by atoms with van der Waals surface area (Å²) in [6, 6.07) is 20.3. The Morgan fingerprint density at radius 1 is 0.875 bits per heavy atom. The molecule has 1 aliphatic rings. The van der Waals surface area contributed by atoms with Crippen LogP contribution in [-0.4, -0.2) is 30.9 Å². The van der Waals surface area contributed by atoms with E-state index < -0.39 is 4.92 Å². The number of carbonyl (C=O) groups is 1. The molecule has 1 heterocycles. The van der Waals surface area contributed by atoms with Gasteiger partial charge in [-0.15, -0.1) is 0 Å². The van der Waals surface area contributed by atoms with Crippen LogP contribution in [0.2, 0.25) is 0 Å². The van der Waals surface area contributed by atoms with Crippen LogP contribution < -0.4 is 14.4 Å². The minimum atomic E-state index is -0.469. The van der Waals surface area contributed by atoms with E-state index in [1.165, 1.54) is 17.0 Å². The second kappa shape index (κ2) is 8.73. The molecule has 0 bridgehead atoms. The van der Waals surface area contributed by atoms with Crippen molar-refractivity contribution in [2.75, 3.05) is 19.1 Å². The molecule has 4 rings (SSSR count). The molecule has 0 saturated heterocycles. The highest BCUT2D eigenvalue weighted by molar-refractivity contribution is 6.33. The van der Waals surface area contributed by atoms with Crippen molar-refractivity contribution in [1.29, 1.82) is 0 Å². The number of aliphatic imine (C=N–C) groups is 1. The maximum Gasteiger partial charge on any atom is 0.282 e. The zero-order valence-electron chi connectivity index (χ0n) is 17.4. The van der Waals surface area contributed by atoms with E-state index in [0.29, 0.717) is 28.6 Å². The van der Waals surface area contributed by atoms with Gasteiger partial charge >= 0.3 is 0 Å². The summed E-state index contributed by atoms with van der Waals surface area (Å²) in [5, 5.41) is 10.9. The minimum Gasteiger partial charge on any atom is -0.497 e. The SMILES string of the molecule is COc1ccc(C2=N/C(=C/c3ccc([N+](=O)[O-])cc3)C(=O)N2c2ccc(OC)cc2)cc1. The van der Waals surface area contributed by atoms with E-state index in [0.717, 1.165) is 5.56 Å². The molecule has 1 aliphatic heterocycles. The lowest BCUT2D eigenvalue weighted by molar-refractivity contribution is -0.384. The second-order valence-electron chi connectivity index (χ2n) is 6.88. The fourth-order valence-electron chi connectivity index (χ4n) is 3.27. The first-order chi connectivity index (χ1) is 15.5. The van der Waals surface area contributed by atoms with Crippen molar-refractivity contribution in [2.24, 2.45) is 4.99 Å². The number of hydrogen-bond donors (Lipinski definition) is 0. The van der Waals surface area contributed by atoms with Gasteiger partial charge in [-0.05, 0) is 72.3 Å². The van der Waals surface area contributed by atoms with Gasteiger partial charge < -0.3 is 9.47 Å². The van der Waals surface area contributed by atoms with E-state index in [-0.39, 0.29) is 17.3 Å². The average molecular weight is 429 g/mol. The predicted molar refractivity (Wildman–Crippen MR) is 121 cm³/mol. The Hall–Kier alpha value is -4.46. The van der Waals surface area contributed by atoms with Gasteiger partial charge in [0.2, 0.25) is 0 Å². The number of nitrogens with zero attached hydrogens (tertiary/aromatic N) is 3. The Morgan fingerprint density at radius 2 is 1.44 bits per heavy atom. The lowest BCUT2D eigenvalue weighted by atomic mass is 10.1. The molecule has 32 heavy (non-hydrogen) atoms. The number of benzene rings is 3. The van der Waals surface area contributed by atoms with Crippen LogP contribution in [0.4, 0.5) is 11.4 Å². The number of methoxy groups -OCH3 is 2. The molecular formula is C24H19N3O5. The molecule has 1 amide bonds. The van der Waals surface area contributed by atoms with Crippen LogP contribution in [0.5, 0.6) is 11.5 Å². The fraction of sp³-hybridized carbons (Fsp3) is 0.0833. The summed E-state index contributed by atoms with van der Waals surface area (Å²) in [6.45, 7) is 0. The summed E-state index contributed by atoms with van der Waals surface area (Å²) in [5.74, 6) is 1.52. The summed E-state index contributed by atoms with van der Waals surface area (Å²) < 4.78 is 10.4. The minimum absolute atomic E-state index is 0.0211. The lowest BCUT2D eigenvalue weighted by Crippen LogP contribution is -2.32. The van der Waals surface area contributed by atoms with E-state index >= 15 is 0 Å². The highest BCUT2D eigenvalue weighted by Gasteiger charge is 2.32. The standard InChI is InChI=1S/C24H19N3O5/c1-31-20-11-5-17(6-12-20)23-25-22(15-16-3-7-19(8-4-16)27(29)30)24(28)26(23)18-9-13-21(32-2)14-10-18/h3-15H,1-2H3/b22-15+. The van der Waals surface area contributed by atoms with Gasteiger partial charge in [0.25, 0.3) is 11.6 Å². The van der Waals surface area contributed by atoms with Gasteiger partial charge in [0.05, 0.1) is 24.8 Å². The van der Waals surface area contributed by atoms with Crippen molar-refractivity contribution in [1.82, 2.24) is 0 Å². The highest BCUT2D eigenvalue weighted by Crippen LogP contribution is 2.30. The monoisotopic (exact) mass is 429 g/mol. The van der Waals surface area contributed by atoms with Crippen LogP contribution in [0.1, 0.15) is 11.1 Å². The van der Waals surface area contributed by atoms with Gasteiger partial charge in [-0.3, -0.25) is 19.8 Å². The number of anilines is 1. The number of amidine groups is 1. The van der Waals surface area contributed by atoms with E-state index in [1.807, 2.05) is 12.1 Å². The van der Waals surface area contributed by atoms with Crippen molar-refractivity contribution in [3.63, 3.8) is 0 Å². The Bertz CT molecular complexity index is 1210. The van der Waals surface area contributed by atoms with Crippen molar-refractivity contribution < 1.29 is 19.2 Å². The molecule has 0 radical (unpaired) electrons. The molecule has 0 atom stereocenters. The Kier molecular flexibility index (Phi) is 5.67. The fourth-order valence-corrected chi connectivity index (χ4v) is 3.27. The van der Waals surface area contributed by atoms with Crippen LogP contribution in [-0.2, 0) is 4.79 Å². The van der Waals surface area contributed by atoms with Crippen LogP contribution >= 0.6 is 0 Å². The molecule has 160 valence electrons. The van der Waals surface area contributed by atoms with Crippen molar-refractivity contribution in [3.8, 4) is 11.5 Å². The zero-order chi connectivity index (χ0) is 22.7. The Labute approximate surface area is 184 Å². The van der Waals surface area contributed by atoms with Crippen molar-refractivity contribution in [2.45, 2.75) is 0 Å². The normalized spacial score (nSPS) is 14.4. The largest absolute Gasteiger partial charge is 0.497 e. The number of amides is 1. The van der Waals surface area contributed by atoms with E-state index in [9.17, 15) is 14.9 Å². The molecule has 0 aromatic heterocycles. The number of rotatable bonds is 6. The first kappa shape index (κ1) is 20.8. The molecule has 0 saturated carbocycles. The number of non-ortho nitro benzene ring substituents is 1. The highest BCUT2D eigenvalue weighted by atomic mass is 16.6. The van der Waals surface area contributed by atoms with E-state index in [1.54, 1.807) is 68.8 Å². The number of ether oxygens (including phenoxy) is 2. The van der Waals surface area contributed by atoms with Crippen molar-refractivity contribution in [3.05, 3.63) is 99.7 Å². The quantitative estimate of drug-likeness (QED) is 0.328. The number of nitro groups is 1. The number of hydrogen-bond acceptors (Lipinski definition) is 6. The van der Waals surface area contributed by atoms with Crippen LogP contribution in [0.25, 0.3) is 6.08 Å². The molecule has 8 nitrogen and oxygen atoms in total.